The standard InChI is InChI=1S/C15H12F2N2O2/c1-2-7-19-15(21)12(9-18)14(20)6-3-10-8-11(16)4-5-13(10)17/h1,4-5,8,12H,3,6-7H2,(H,19,21)/t12-/m0/s1. The Hall–Kier alpha value is -2.73. The van der Waals surface area contributed by atoms with E-state index in [1.165, 1.54) is 0 Å². The highest BCUT2D eigenvalue weighted by Gasteiger charge is 2.25. The maximum absolute atomic E-state index is 13.4. The predicted octanol–water partition coefficient (Wildman–Crippen LogP) is 1.36. The van der Waals surface area contributed by atoms with Gasteiger partial charge in [-0.3, -0.25) is 9.59 Å². The van der Waals surface area contributed by atoms with Crippen molar-refractivity contribution in [1.29, 1.82) is 5.26 Å². The zero-order valence-electron chi connectivity index (χ0n) is 11.0. The summed E-state index contributed by atoms with van der Waals surface area (Å²) in [5.41, 5.74) is 0.0177. The third kappa shape index (κ3) is 4.70. The van der Waals surface area contributed by atoms with Crippen molar-refractivity contribution < 1.29 is 18.4 Å². The lowest BCUT2D eigenvalue weighted by atomic mass is 9.98. The fourth-order valence-corrected chi connectivity index (χ4v) is 1.65. The molecular formula is C15H12F2N2O2. The van der Waals surface area contributed by atoms with Crippen LogP contribution in [0.2, 0.25) is 0 Å². The van der Waals surface area contributed by atoms with Gasteiger partial charge in [0.2, 0.25) is 5.91 Å². The van der Waals surface area contributed by atoms with Crippen LogP contribution in [0.1, 0.15) is 12.0 Å². The Balaban J connectivity index is 2.67. The molecular weight excluding hydrogens is 278 g/mol. The molecule has 0 unspecified atom stereocenters. The van der Waals surface area contributed by atoms with Crippen LogP contribution in [0.25, 0.3) is 0 Å². The molecule has 0 saturated carbocycles. The van der Waals surface area contributed by atoms with Crippen LogP contribution in [0, 0.1) is 41.2 Å². The number of nitriles is 1. The van der Waals surface area contributed by atoms with E-state index >= 15 is 0 Å². The molecule has 1 atom stereocenters. The minimum absolute atomic E-state index is 0.0177. The van der Waals surface area contributed by atoms with E-state index in [0.717, 1.165) is 18.2 Å². The number of carbonyl (C=O) groups is 2. The molecule has 0 bridgehead atoms. The van der Waals surface area contributed by atoms with Crippen molar-refractivity contribution in [1.82, 2.24) is 5.32 Å². The van der Waals surface area contributed by atoms with E-state index in [2.05, 4.69) is 11.2 Å². The lowest BCUT2D eigenvalue weighted by Crippen LogP contribution is -2.34. The van der Waals surface area contributed by atoms with Gasteiger partial charge in [-0.15, -0.1) is 6.42 Å². The van der Waals surface area contributed by atoms with Crippen LogP contribution in [-0.4, -0.2) is 18.2 Å². The highest BCUT2D eigenvalue weighted by molar-refractivity contribution is 6.04. The van der Waals surface area contributed by atoms with Crippen molar-refractivity contribution in [2.45, 2.75) is 12.8 Å². The van der Waals surface area contributed by atoms with Gasteiger partial charge in [0.15, 0.2) is 11.7 Å². The molecule has 1 aromatic rings. The van der Waals surface area contributed by atoms with Gasteiger partial charge in [0, 0.05) is 6.42 Å². The summed E-state index contributed by atoms with van der Waals surface area (Å²) < 4.78 is 26.4. The third-order valence-corrected chi connectivity index (χ3v) is 2.73. The summed E-state index contributed by atoms with van der Waals surface area (Å²) in [4.78, 5) is 23.3. The predicted molar refractivity (Wildman–Crippen MR) is 70.6 cm³/mol. The minimum atomic E-state index is -1.50. The van der Waals surface area contributed by atoms with Crippen molar-refractivity contribution in [3.8, 4) is 18.4 Å². The molecule has 0 aliphatic rings. The summed E-state index contributed by atoms with van der Waals surface area (Å²) in [6, 6.07) is 4.47. The van der Waals surface area contributed by atoms with Crippen molar-refractivity contribution in [3.05, 3.63) is 35.4 Å². The lowest BCUT2D eigenvalue weighted by Gasteiger charge is -2.08. The Labute approximate surface area is 120 Å². The highest BCUT2D eigenvalue weighted by atomic mass is 19.1. The first-order chi connectivity index (χ1) is 9.99. The number of halogens is 2. The Morgan fingerprint density at radius 1 is 1.38 bits per heavy atom. The molecule has 0 heterocycles. The number of terminal acetylenes is 1. The van der Waals surface area contributed by atoms with Gasteiger partial charge in [-0.1, -0.05) is 5.92 Å². The Morgan fingerprint density at radius 2 is 2.10 bits per heavy atom. The molecule has 0 aromatic heterocycles. The number of nitrogens with zero attached hydrogens (tertiary/aromatic N) is 1. The maximum atomic E-state index is 13.4. The van der Waals surface area contributed by atoms with Crippen LogP contribution in [-0.2, 0) is 16.0 Å². The van der Waals surface area contributed by atoms with Gasteiger partial charge in [0.25, 0.3) is 0 Å². The molecule has 0 aliphatic heterocycles. The zero-order chi connectivity index (χ0) is 15.8. The molecule has 0 fully saturated rings. The van der Waals surface area contributed by atoms with Crippen molar-refractivity contribution in [3.63, 3.8) is 0 Å². The zero-order valence-corrected chi connectivity index (χ0v) is 11.0. The second-order valence-electron chi connectivity index (χ2n) is 4.19. The van der Waals surface area contributed by atoms with Gasteiger partial charge in [-0.25, -0.2) is 8.78 Å². The fourth-order valence-electron chi connectivity index (χ4n) is 1.65. The molecule has 0 radical (unpaired) electrons. The lowest BCUT2D eigenvalue weighted by molar-refractivity contribution is -0.131. The van der Waals surface area contributed by atoms with Gasteiger partial charge in [0.1, 0.15) is 11.6 Å². The van der Waals surface area contributed by atoms with E-state index in [4.69, 9.17) is 11.7 Å². The summed E-state index contributed by atoms with van der Waals surface area (Å²) in [5.74, 6) is -2.09. The number of ketones is 1. The Kier molecular flexibility index (Phi) is 6.03. The molecule has 0 spiro atoms. The first kappa shape index (κ1) is 16.3. The van der Waals surface area contributed by atoms with Crippen molar-refractivity contribution >= 4 is 11.7 Å². The largest absolute Gasteiger partial charge is 0.344 e. The highest BCUT2D eigenvalue weighted by Crippen LogP contribution is 2.13. The van der Waals surface area contributed by atoms with Crippen LogP contribution < -0.4 is 5.32 Å². The number of aryl methyl sites for hydroxylation is 1. The molecule has 21 heavy (non-hydrogen) atoms. The minimum Gasteiger partial charge on any atom is -0.344 e. The maximum Gasteiger partial charge on any atom is 0.245 e. The Bertz CT molecular complexity index is 630. The number of hydrogen-bond acceptors (Lipinski definition) is 3. The smallest absolute Gasteiger partial charge is 0.245 e. The summed E-state index contributed by atoms with van der Waals surface area (Å²) in [5, 5.41) is 11.1. The normalized spacial score (nSPS) is 11.0. The summed E-state index contributed by atoms with van der Waals surface area (Å²) >= 11 is 0. The van der Waals surface area contributed by atoms with Gasteiger partial charge in [-0.2, -0.15) is 5.26 Å². The number of rotatable bonds is 6. The number of benzene rings is 1. The fraction of sp³-hybridized carbons (Fsp3) is 0.267. The van der Waals surface area contributed by atoms with Crippen LogP contribution in [0.5, 0.6) is 0 Å². The molecule has 0 aliphatic carbocycles. The van der Waals surface area contributed by atoms with Gasteiger partial charge in [0.05, 0.1) is 12.6 Å². The number of Topliss-reactive ketones (excluding diaryl/α,β-unsaturated/α-hetero) is 1. The number of amides is 1. The van der Waals surface area contributed by atoms with E-state index in [9.17, 15) is 18.4 Å². The van der Waals surface area contributed by atoms with E-state index < -0.39 is 29.2 Å². The summed E-state index contributed by atoms with van der Waals surface area (Å²) in [6.45, 7) is -0.0944. The first-order valence-corrected chi connectivity index (χ1v) is 6.07. The average molecular weight is 290 g/mol. The average Bonchev–Trinajstić information content (AvgIpc) is 2.46. The molecule has 4 nitrogen and oxygen atoms in total. The molecule has 6 heteroatoms. The molecule has 1 aromatic carbocycles. The summed E-state index contributed by atoms with van der Waals surface area (Å²) in [6.07, 6.45) is 4.61. The molecule has 0 saturated heterocycles. The number of hydrogen-bond donors (Lipinski definition) is 1. The van der Waals surface area contributed by atoms with E-state index in [-0.39, 0.29) is 24.9 Å². The van der Waals surface area contributed by atoms with E-state index in [0.29, 0.717) is 0 Å². The monoisotopic (exact) mass is 290 g/mol. The number of carbonyl (C=O) groups excluding carboxylic acids is 2. The quantitative estimate of drug-likeness (QED) is 0.635. The van der Waals surface area contributed by atoms with E-state index in [1.807, 2.05) is 0 Å². The molecule has 108 valence electrons. The van der Waals surface area contributed by atoms with Gasteiger partial charge in [-0.05, 0) is 30.2 Å². The second kappa shape index (κ2) is 7.76. The van der Waals surface area contributed by atoms with Crippen LogP contribution in [0.3, 0.4) is 0 Å². The van der Waals surface area contributed by atoms with Crippen LogP contribution in [0.4, 0.5) is 8.78 Å². The van der Waals surface area contributed by atoms with Gasteiger partial charge >= 0.3 is 0 Å². The van der Waals surface area contributed by atoms with E-state index in [1.54, 1.807) is 6.07 Å². The van der Waals surface area contributed by atoms with Crippen LogP contribution >= 0.6 is 0 Å². The number of nitrogens with one attached hydrogen (secondary N) is 1. The van der Waals surface area contributed by atoms with Crippen molar-refractivity contribution in [2.75, 3.05) is 6.54 Å². The van der Waals surface area contributed by atoms with Crippen LogP contribution in [0.15, 0.2) is 18.2 Å². The van der Waals surface area contributed by atoms with Crippen molar-refractivity contribution in [2.24, 2.45) is 5.92 Å². The molecule has 1 N–H and O–H groups in total. The molecule has 1 amide bonds. The van der Waals surface area contributed by atoms with Gasteiger partial charge < -0.3 is 5.32 Å². The topological polar surface area (TPSA) is 70.0 Å². The first-order valence-electron chi connectivity index (χ1n) is 6.07. The second-order valence-corrected chi connectivity index (χ2v) is 4.19. The summed E-state index contributed by atoms with van der Waals surface area (Å²) in [7, 11) is 0. The third-order valence-electron chi connectivity index (χ3n) is 2.73. The molecule has 1 rings (SSSR count). The SMILES string of the molecule is C#CCNC(=O)[C@@H](C#N)C(=O)CCc1cc(F)ccc1F. The Morgan fingerprint density at radius 3 is 2.71 bits per heavy atom.